The Labute approximate surface area is 133 Å². The van der Waals surface area contributed by atoms with E-state index < -0.39 is 9.84 Å². The first kappa shape index (κ1) is 16.0. The summed E-state index contributed by atoms with van der Waals surface area (Å²) >= 11 is 3.28. The van der Waals surface area contributed by atoms with E-state index in [1.807, 2.05) is 0 Å². The van der Waals surface area contributed by atoms with Crippen LogP contribution in [0.2, 0.25) is 0 Å². The van der Waals surface area contributed by atoms with Crippen LogP contribution in [0.5, 0.6) is 5.75 Å². The van der Waals surface area contributed by atoms with Crippen molar-refractivity contribution in [1.29, 1.82) is 0 Å². The molecule has 0 saturated heterocycles. The Kier molecular flexibility index (Phi) is 5.03. The van der Waals surface area contributed by atoms with Crippen molar-refractivity contribution in [3.8, 4) is 5.75 Å². The molecule has 0 fully saturated rings. The van der Waals surface area contributed by atoms with E-state index in [0.717, 1.165) is 10.0 Å². The first-order valence-corrected chi connectivity index (χ1v) is 8.75. The van der Waals surface area contributed by atoms with E-state index in [4.69, 9.17) is 10.5 Å². The van der Waals surface area contributed by atoms with Crippen molar-refractivity contribution in [3.63, 3.8) is 0 Å². The largest absolute Gasteiger partial charge is 0.496 e. The van der Waals surface area contributed by atoms with Gasteiger partial charge in [0.15, 0.2) is 9.84 Å². The molecule has 0 bridgehead atoms. The molecule has 21 heavy (non-hydrogen) atoms. The molecule has 0 aromatic heterocycles. The highest BCUT2D eigenvalue weighted by molar-refractivity contribution is 9.10. The minimum Gasteiger partial charge on any atom is -0.496 e. The predicted molar refractivity (Wildman–Crippen MR) is 85.9 cm³/mol. The smallest absolute Gasteiger partial charge is 0.182 e. The van der Waals surface area contributed by atoms with Crippen molar-refractivity contribution in [2.45, 2.75) is 17.2 Å². The molecule has 0 aliphatic heterocycles. The summed E-state index contributed by atoms with van der Waals surface area (Å²) in [4.78, 5) is 0.294. The second-order valence-corrected chi connectivity index (χ2v) is 7.47. The molecule has 2 aromatic carbocycles. The van der Waals surface area contributed by atoms with Crippen LogP contribution in [-0.2, 0) is 22.1 Å². The first-order valence-electron chi connectivity index (χ1n) is 6.30. The fourth-order valence-electron chi connectivity index (χ4n) is 2.04. The summed E-state index contributed by atoms with van der Waals surface area (Å²) in [6, 6.07) is 11.9. The Hall–Kier alpha value is -1.37. The molecule has 2 rings (SSSR count). The molecule has 0 spiro atoms. The SMILES string of the molecule is COc1ccc(CS(=O)(=O)c2cccc(Br)c2)cc1CN. The van der Waals surface area contributed by atoms with Crippen LogP contribution in [0.4, 0.5) is 0 Å². The van der Waals surface area contributed by atoms with Crippen molar-refractivity contribution in [3.05, 3.63) is 58.1 Å². The summed E-state index contributed by atoms with van der Waals surface area (Å²) in [5, 5.41) is 0. The monoisotopic (exact) mass is 369 g/mol. The van der Waals surface area contributed by atoms with Gasteiger partial charge in [-0.1, -0.05) is 28.1 Å². The number of halogens is 1. The van der Waals surface area contributed by atoms with Gasteiger partial charge in [0.25, 0.3) is 0 Å². The number of hydrogen-bond donors (Lipinski definition) is 1. The summed E-state index contributed by atoms with van der Waals surface area (Å²) in [6.07, 6.45) is 0. The van der Waals surface area contributed by atoms with Crippen molar-refractivity contribution < 1.29 is 13.2 Å². The summed E-state index contributed by atoms with van der Waals surface area (Å²) in [6.45, 7) is 0.300. The van der Waals surface area contributed by atoms with Crippen LogP contribution in [-0.4, -0.2) is 15.5 Å². The zero-order chi connectivity index (χ0) is 15.5. The highest BCUT2D eigenvalue weighted by Crippen LogP contribution is 2.24. The van der Waals surface area contributed by atoms with Crippen molar-refractivity contribution >= 4 is 25.8 Å². The normalized spacial score (nSPS) is 11.4. The van der Waals surface area contributed by atoms with Crippen LogP contribution in [0.15, 0.2) is 51.8 Å². The molecule has 4 nitrogen and oxygen atoms in total. The predicted octanol–water partition coefficient (Wildman–Crippen LogP) is 2.89. The lowest BCUT2D eigenvalue weighted by Gasteiger charge is -2.10. The molecule has 0 saturated carbocycles. The fourth-order valence-corrected chi connectivity index (χ4v) is 3.97. The number of hydrogen-bond acceptors (Lipinski definition) is 4. The molecule has 0 heterocycles. The number of ether oxygens (including phenoxy) is 1. The minimum absolute atomic E-state index is 0.0690. The van der Waals surface area contributed by atoms with Gasteiger partial charge in [-0.2, -0.15) is 0 Å². The maximum atomic E-state index is 12.4. The van der Waals surface area contributed by atoms with Crippen LogP contribution in [0.1, 0.15) is 11.1 Å². The number of sulfone groups is 1. The number of nitrogens with two attached hydrogens (primary N) is 1. The number of rotatable bonds is 5. The van der Waals surface area contributed by atoms with Gasteiger partial charge in [0.2, 0.25) is 0 Å². The second-order valence-electron chi connectivity index (χ2n) is 4.57. The van der Waals surface area contributed by atoms with Gasteiger partial charge in [0, 0.05) is 16.6 Å². The Morgan fingerprint density at radius 2 is 1.95 bits per heavy atom. The molecular formula is C15H16BrNO3S. The topological polar surface area (TPSA) is 69.4 Å². The first-order chi connectivity index (χ1) is 9.96. The Balaban J connectivity index is 2.33. The van der Waals surface area contributed by atoms with Gasteiger partial charge >= 0.3 is 0 Å². The third-order valence-electron chi connectivity index (χ3n) is 3.08. The lowest BCUT2D eigenvalue weighted by molar-refractivity contribution is 0.409. The average molecular weight is 370 g/mol. The molecule has 0 aliphatic carbocycles. The zero-order valence-corrected chi connectivity index (χ0v) is 13.9. The van der Waals surface area contributed by atoms with Crippen LogP contribution in [0.3, 0.4) is 0 Å². The molecule has 6 heteroatoms. The second kappa shape index (κ2) is 6.60. The lowest BCUT2D eigenvalue weighted by atomic mass is 10.1. The van der Waals surface area contributed by atoms with Crippen LogP contribution in [0.25, 0.3) is 0 Å². The summed E-state index contributed by atoms with van der Waals surface area (Å²) in [5.74, 6) is 0.599. The number of benzene rings is 2. The van der Waals surface area contributed by atoms with Crippen molar-refractivity contribution in [2.75, 3.05) is 7.11 Å². The van der Waals surface area contributed by atoms with Crippen molar-refractivity contribution in [1.82, 2.24) is 0 Å². The van der Waals surface area contributed by atoms with Gasteiger partial charge in [-0.3, -0.25) is 0 Å². The van der Waals surface area contributed by atoms with E-state index >= 15 is 0 Å². The highest BCUT2D eigenvalue weighted by Gasteiger charge is 2.16. The van der Waals surface area contributed by atoms with E-state index in [1.165, 1.54) is 0 Å². The van der Waals surface area contributed by atoms with E-state index in [9.17, 15) is 8.42 Å². The molecule has 2 N–H and O–H groups in total. The van der Waals surface area contributed by atoms with Gasteiger partial charge in [0.1, 0.15) is 5.75 Å². The molecule has 0 amide bonds. The maximum Gasteiger partial charge on any atom is 0.182 e. The Bertz CT molecular complexity index is 744. The Morgan fingerprint density at radius 1 is 1.19 bits per heavy atom. The average Bonchev–Trinajstić information content (AvgIpc) is 2.46. The minimum atomic E-state index is -3.39. The maximum absolute atomic E-state index is 12.4. The van der Waals surface area contributed by atoms with Gasteiger partial charge in [-0.15, -0.1) is 0 Å². The Morgan fingerprint density at radius 3 is 2.57 bits per heavy atom. The molecule has 0 radical (unpaired) electrons. The standard InChI is InChI=1S/C15H16BrNO3S/c1-20-15-6-5-11(7-12(15)9-17)10-21(18,19)14-4-2-3-13(16)8-14/h2-8H,9-10,17H2,1H3. The van der Waals surface area contributed by atoms with Crippen LogP contribution in [0, 0.1) is 0 Å². The van der Waals surface area contributed by atoms with E-state index in [0.29, 0.717) is 22.8 Å². The summed E-state index contributed by atoms with van der Waals surface area (Å²) in [5.41, 5.74) is 7.14. The lowest BCUT2D eigenvalue weighted by Crippen LogP contribution is -2.07. The van der Waals surface area contributed by atoms with Gasteiger partial charge < -0.3 is 10.5 Å². The zero-order valence-electron chi connectivity index (χ0n) is 11.5. The highest BCUT2D eigenvalue weighted by atomic mass is 79.9. The molecular weight excluding hydrogens is 354 g/mol. The molecule has 0 aliphatic rings. The van der Waals surface area contributed by atoms with Crippen LogP contribution >= 0.6 is 15.9 Å². The quantitative estimate of drug-likeness (QED) is 0.879. The third kappa shape index (κ3) is 3.84. The third-order valence-corrected chi connectivity index (χ3v) is 5.26. The van der Waals surface area contributed by atoms with Gasteiger partial charge in [-0.05, 0) is 35.9 Å². The van der Waals surface area contributed by atoms with E-state index in [-0.39, 0.29) is 5.75 Å². The van der Waals surface area contributed by atoms with Gasteiger partial charge in [0.05, 0.1) is 17.8 Å². The van der Waals surface area contributed by atoms with E-state index in [2.05, 4.69) is 15.9 Å². The number of methoxy groups -OCH3 is 1. The fraction of sp³-hybridized carbons (Fsp3) is 0.200. The molecule has 112 valence electrons. The summed E-state index contributed by atoms with van der Waals surface area (Å²) < 4.78 is 30.8. The van der Waals surface area contributed by atoms with Gasteiger partial charge in [-0.25, -0.2) is 8.42 Å². The van der Waals surface area contributed by atoms with E-state index in [1.54, 1.807) is 49.6 Å². The molecule has 0 atom stereocenters. The van der Waals surface area contributed by atoms with Crippen LogP contribution < -0.4 is 10.5 Å². The molecule has 2 aromatic rings. The summed E-state index contributed by atoms with van der Waals surface area (Å²) in [7, 11) is -1.83. The molecule has 0 unspecified atom stereocenters. The van der Waals surface area contributed by atoms with Crippen molar-refractivity contribution in [2.24, 2.45) is 5.73 Å².